The molecule has 2 rings (SSSR count). The minimum atomic E-state index is 0.488. The van der Waals surface area contributed by atoms with Crippen LogP contribution in [0.5, 0.6) is 0 Å². The van der Waals surface area contributed by atoms with Crippen molar-refractivity contribution in [3.63, 3.8) is 0 Å². The van der Waals surface area contributed by atoms with Crippen LogP contribution in [0.4, 0.5) is 0 Å². The van der Waals surface area contributed by atoms with E-state index in [-0.39, 0.29) is 0 Å². The zero-order valence-corrected chi connectivity index (χ0v) is 11.9. The molecule has 2 saturated carbocycles. The number of fused-ring (bicyclic) bond motifs is 2. The Bertz CT molecular complexity index is 217. The fraction of sp³-hybridized carbons (Fsp3) is 1.00. The fourth-order valence-electron chi connectivity index (χ4n) is 3.67. The lowest BCUT2D eigenvalue weighted by Gasteiger charge is -2.33. The number of hydrogen-bond acceptors (Lipinski definition) is 2. The van der Waals surface area contributed by atoms with Gasteiger partial charge in [-0.3, -0.25) is 0 Å². The molecule has 2 aliphatic rings. The average molecular weight is 241 g/mol. The van der Waals surface area contributed by atoms with Gasteiger partial charge in [0.15, 0.2) is 0 Å². The highest BCUT2D eigenvalue weighted by molar-refractivity contribution is 8.00. The summed E-state index contributed by atoms with van der Waals surface area (Å²) in [6.07, 6.45) is 10.8. The number of nitrogens with one attached hydrogen (secondary N) is 1. The average Bonchev–Trinajstić information content (AvgIpc) is 2.93. The molecule has 0 aromatic rings. The van der Waals surface area contributed by atoms with E-state index in [4.69, 9.17) is 0 Å². The SMILES string of the molecule is CCC(CC)(CNC1CC2CCC1C2)SC. The number of rotatable bonds is 6. The summed E-state index contributed by atoms with van der Waals surface area (Å²) < 4.78 is 0.488. The van der Waals surface area contributed by atoms with E-state index >= 15 is 0 Å². The Morgan fingerprint density at radius 1 is 1.19 bits per heavy atom. The van der Waals surface area contributed by atoms with E-state index < -0.39 is 0 Å². The normalized spacial score (nSPS) is 33.6. The Balaban J connectivity index is 1.82. The largest absolute Gasteiger partial charge is 0.312 e. The highest BCUT2D eigenvalue weighted by Gasteiger charge is 2.40. The third kappa shape index (κ3) is 2.43. The maximum atomic E-state index is 3.89. The fourth-order valence-corrected chi connectivity index (χ4v) is 4.48. The minimum Gasteiger partial charge on any atom is -0.312 e. The van der Waals surface area contributed by atoms with Crippen LogP contribution in [0.1, 0.15) is 52.4 Å². The summed E-state index contributed by atoms with van der Waals surface area (Å²) in [6.45, 7) is 5.89. The van der Waals surface area contributed by atoms with Crippen molar-refractivity contribution in [2.24, 2.45) is 11.8 Å². The smallest absolute Gasteiger partial charge is 0.0276 e. The van der Waals surface area contributed by atoms with Crippen LogP contribution < -0.4 is 5.32 Å². The van der Waals surface area contributed by atoms with Crippen LogP contribution in [-0.4, -0.2) is 23.6 Å². The van der Waals surface area contributed by atoms with E-state index in [2.05, 4.69) is 37.2 Å². The van der Waals surface area contributed by atoms with E-state index in [9.17, 15) is 0 Å². The molecule has 3 unspecified atom stereocenters. The molecule has 0 aromatic carbocycles. The molecule has 2 heteroatoms. The summed E-state index contributed by atoms with van der Waals surface area (Å²) >= 11 is 2.06. The third-order valence-electron chi connectivity index (χ3n) is 5.15. The molecular weight excluding hydrogens is 214 g/mol. The molecule has 2 aliphatic carbocycles. The first kappa shape index (κ1) is 12.8. The number of thioether (sulfide) groups is 1. The summed E-state index contributed by atoms with van der Waals surface area (Å²) in [5, 5.41) is 3.89. The molecule has 0 radical (unpaired) electrons. The predicted octanol–water partition coefficient (Wildman–Crippen LogP) is 3.69. The second kappa shape index (κ2) is 5.30. The van der Waals surface area contributed by atoms with Crippen LogP contribution in [0.15, 0.2) is 0 Å². The van der Waals surface area contributed by atoms with Gasteiger partial charge in [-0.15, -0.1) is 0 Å². The van der Waals surface area contributed by atoms with Crippen molar-refractivity contribution >= 4 is 11.8 Å². The molecule has 0 aliphatic heterocycles. The summed E-state index contributed by atoms with van der Waals surface area (Å²) in [4.78, 5) is 0. The molecule has 0 spiro atoms. The van der Waals surface area contributed by atoms with Crippen LogP contribution in [0, 0.1) is 11.8 Å². The van der Waals surface area contributed by atoms with Crippen LogP contribution in [0.2, 0.25) is 0 Å². The van der Waals surface area contributed by atoms with Crippen LogP contribution in [-0.2, 0) is 0 Å². The van der Waals surface area contributed by atoms with Gasteiger partial charge >= 0.3 is 0 Å². The summed E-state index contributed by atoms with van der Waals surface area (Å²) in [6, 6.07) is 0.850. The monoisotopic (exact) mass is 241 g/mol. The van der Waals surface area contributed by atoms with E-state index in [1.54, 1.807) is 0 Å². The van der Waals surface area contributed by atoms with Crippen molar-refractivity contribution in [3.05, 3.63) is 0 Å². The Morgan fingerprint density at radius 3 is 2.38 bits per heavy atom. The molecule has 0 amide bonds. The molecule has 94 valence electrons. The summed E-state index contributed by atoms with van der Waals surface area (Å²) in [5.41, 5.74) is 0. The molecule has 3 atom stereocenters. The van der Waals surface area contributed by atoms with E-state index in [0.717, 1.165) is 17.9 Å². The second-order valence-corrected chi connectivity index (χ2v) is 7.03. The van der Waals surface area contributed by atoms with Crippen molar-refractivity contribution in [2.75, 3.05) is 12.8 Å². The van der Waals surface area contributed by atoms with Gasteiger partial charge in [-0.05, 0) is 50.2 Å². The maximum Gasteiger partial charge on any atom is 0.0276 e. The van der Waals surface area contributed by atoms with Gasteiger partial charge in [-0.2, -0.15) is 11.8 Å². The highest BCUT2D eigenvalue weighted by Crippen LogP contribution is 2.44. The standard InChI is InChI=1S/C14H27NS/c1-4-14(5-2,16-3)10-15-13-9-11-6-7-12(13)8-11/h11-13,15H,4-10H2,1-3H3. The predicted molar refractivity (Wildman–Crippen MR) is 74.1 cm³/mol. The molecule has 0 saturated heterocycles. The maximum absolute atomic E-state index is 3.89. The van der Waals surface area contributed by atoms with Crippen molar-refractivity contribution in [2.45, 2.75) is 63.2 Å². The van der Waals surface area contributed by atoms with E-state index in [1.807, 2.05) is 0 Å². The van der Waals surface area contributed by atoms with Gasteiger partial charge in [0.2, 0.25) is 0 Å². The first-order valence-electron chi connectivity index (χ1n) is 7.01. The lowest BCUT2D eigenvalue weighted by molar-refractivity contribution is 0.333. The van der Waals surface area contributed by atoms with Gasteiger partial charge in [-0.25, -0.2) is 0 Å². The van der Waals surface area contributed by atoms with Gasteiger partial charge < -0.3 is 5.32 Å². The topological polar surface area (TPSA) is 12.0 Å². The summed E-state index contributed by atoms with van der Waals surface area (Å²) in [7, 11) is 0. The molecular formula is C14H27NS. The first-order valence-corrected chi connectivity index (χ1v) is 8.24. The Morgan fingerprint density at radius 2 is 1.94 bits per heavy atom. The molecule has 1 nitrogen and oxygen atoms in total. The quantitative estimate of drug-likeness (QED) is 0.761. The van der Waals surface area contributed by atoms with Crippen molar-refractivity contribution < 1.29 is 0 Å². The molecule has 0 heterocycles. The number of hydrogen-bond donors (Lipinski definition) is 1. The third-order valence-corrected chi connectivity index (χ3v) is 6.73. The van der Waals surface area contributed by atoms with Crippen molar-refractivity contribution in [1.29, 1.82) is 0 Å². The van der Waals surface area contributed by atoms with Crippen molar-refractivity contribution in [3.8, 4) is 0 Å². The molecule has 16 heavy (non-hydrogen) atoms. The van der Waals surface area contributed by atoms with Crippen LogP contribution >= 0.6 is 11.8 Å². The Labute approximate surface area is 105 Å². The molecule has 2 fully saturated rings. The molecule has 0 aromatic heterocycles. The lowest BCUT2D eigenvalue weighted by atomic mass is 9.94. The van der Waals surface area contributed by atoms with Gasteiger partial charge in [-0.1, -0.05) is 20.3 Å². The van der Waals surface area contributed by atoms with E-state index in [1.165, 1.54) is 45.1 Å². The highest BCUT2D eigenvalue weighted by atomic mass is 32.2. The van der Waals surface area contributed by atoms with Gasteiger partial charge in [0.05, 0.1) is 0 Å². The van der Waals surface area contributed by atoms with Crippen LogP contribution in [0.25, 0.3) is 0 Å². The Kier molecular flexibility index (Phi) is 4.23. The molecule has 1 N–H and O–H groups in total. The molecule has 2 bridgehead atoms. The summed E-state index contributed by atoms with van der Waals surface area (Å²) in [5.74, 6) is 2.08. The van der Waals surface area contributed by atoms with Gasteiger partial charge in [0.1, 0.15) is 0 Å². The van der Waals surface area contributed by atoms with Gasteiger partial charge in [0, 0.05) is 17.3 Å². The zero-order chi connectivity index (χ0) is 11.6. The van der Waals surface area contributed by atoms with Crippen molar-refractivity contribution in [1.82, 2.24) is 5.32 Å². The zero-order valence-electron chi connectivity index (χ0n) is 11.1. The Hall–Kier alpha value is 0.310. The lowest BCUT2D eigenvalue weighted by Crippen LogP contribution is -2.43. The van der Waals surface area contributed by atoms with Crippen LogP contribution in [0.3, 0.4) is 0 Å². The second-order valence-electron chi connectivity index (χ2n) is 5.76. The van der Waals surface area contributed by atoms with Gasteiger partial charge in [0.25, 0.3) is 0 Å². The minimum absolute atomic E-state index is 0.488. The first-order chi connectivity index (χ1) is 7.73. The van der Waals surface area contributed by atoms with E-state index in [0.29, 0.717) is 4.75 Å².